The molecular weight excluding hydrogens is 502 g/mol. The topological polar surface area (TPSA) is 88.2 Å². The molecular formula is C26H18ClN3O3S2. The normalized spacial score (nSPS) is 11.3. The lowest BCUT2D eigenvalue weighted by atomic mass is 10.1. The fourth-order valence-electron chi connectivity index (χ4n) is 3.54. The average Bonchev–Trinajstić information content (AvgIpc) is 3.29. The minimum Gasteiger partial charge on any atom is -0.321 e. The molecule has 0 radical (unpaired) electrons. The lowest BCUT2D eigenvalue weighted by molar-refractivity contribution is 0.102. The lowest BCUT2D eigenvalue weighted by Gasteiger charge is -2.14. The van der Waals surface area contributed by atoms with Gasteiger partial charge in [0.05, 0.1) is 32.1 Å². The van der Waals surface area contributed by atoms with Crippen molar-refractivity contribution < 1.29 is 13.2 Å². The number of aromatic nitrogens is 1. The molecule has 6 nitrogen and oxygen atoms in total. The van der Waals surface area contributed by atoms with Crippen LogP contribution in [0.1, 0.15) is 10.4 Å². The summed E-state index contributed by atoms with van der Waals surface area (Å²) in [5.41, 5.74) is 2.59. The zero-order chi connectivity index (χ0) is 24.4. The molecule has 0 saturated heterocycles. The number of fused-ring (bicyclic) bond motifs is 1. The summed E-state index contributed by atoms with van der Waals surface area (Å²) in [6.07, 6.45) is 0. The summed E-state index contributed by atoms with van der Waals surface area (Å²) < 4.78 is 29.3. The van der Waals surface area contributed by atoms with Crippen LogP contribution in [0.2, 0.25) is 5.02 Å². The van der Waals surface area contributed by atoms with Crippen LogP contribution >= 0.6 is 22.9 Å². The van der Waals surface area contributed by atoms with E-state index in [0.29, 0.717) is 10.7 Å². The van der Waals surface area contributed by atoms with Gasteiger partial charge in [0.25, 0.3) is 15.9 Å². The van der Waals surface area contributed by atoms with Gasteiger partial charge in [0.1, 0.15) is 5.01 Å². The van der Waals surface area contributed by atoms with Crippen molar-refractivity contribution in [2.75, 3.05) is 10.0 Å². The van der Waals surface area contributed by atoms with Gasteiger partial charge in [-0.15, -0.1) is 11.3 Å². The third-order valence-electron chi connectivity index (χ3n) is 5.24. The van der Waals surface area contributed by atoms with E-state index in [1.165, 1.54) is 35.6 Å². The number of hydrogen-bond donors (Lipinski definition) is 2. The highest BCUT2D eigenvalue weighted by Crippen LogP contribution is 2.35. The van der Waals surface area contributed by atoms with E-state index in [9.17, 15) is 13.2 Å². The molecule has 0 aliphatic rings. The van der Waals surface area contributed by atoms with Crippen LogP contribution < -0.4 is 10.0 Å². The fraction of sp³-hybridized carbons (Fsp3) is 0. The molecule has 5 rings (SSSR count). The predicted molar refractivity (Wildman–Crippen MR) is 142 cm³/mol. The minimum atomic E-state index is -3.92. The molecule has 1 aromatic heterocycles. The van der Waals surface area contributed by atoms with E-state index >= 15 is 0 Å². The second-order valence-electron chi connectivity index (χ2n) is 7.59. The number of carbonyl (C=O) groups excluding carboxylic acids is 1. The Hall–Kier alpha value is -3.72. The molecule has 1 heterocycles. The van der Waals surface area contributed by atoms with Crippen LogP contribution in [0.5, 0.6) is 0 Å². The van der Waals surface area contributed by atoms with Gasteiger partial charge in [-0.2, -0.15) is 0 Å². The standard InChI is InChI=1S/C26H18ClN3O3S2/c27-17-13-15-18(16-14-17)35(32,33)30-22-10-4-1-7-19(22)25(31)28-21-9-3-2-8-20(21)26-29-23-11-5-6-12-24(23)34-26/h1-16,30H,(H,28,31). The summed E-state index contributed by atoms with van der Waals surface area (Å²) in [5, 5.41) is 4.12. The quantitative estimate of drug-likeness (QED) is 0.262. The van der Waals surface area contributed by atoms with Crippen molar-refractivity contribution in [2.24, 2.45) is 0 Å². The molecule has 0 bridgehead atoms. The van der Waals surface area contributed by atoms with Gasteiger partial charge in [-0.25, -0.2) is 13.4 Å². The van der Waals surface area contributed by atoms with E-state index in [1.54, 1.807) is 30.3 Å². The number of para-hydroxylation sites is 3. The Kier molecular flexibility index (Phi) is 6.25. The van der Waals surface area contributed by atoms with Crippen molar-refractivity contribution in [3.8, 4) is 10.6 Å². The summed E-state index contributed by atoms with van der Waals surface area (Å²) >= 11 is 7.41. The maximum absolute atomic E-state index is 13.3. The summed E-state index contributed by atoms with van der Waals surface area (Å²) in [5.74, 6) is -0.451. The van der Waals surface area contributed by atoms with Gasteiger partial charge in [-0.1, -0.05) is 48.0 Å². The third kappa shape index (κ3) is 4.90. The van der Waals surface area contributed by atoms with Gasteiger partial charge >= 0.3 is 0 Å². The van der Waals surface area contributed by atoms with Crippen LogP contribution in [-0.2, 0) is 10.0 Å². The number of amides is 1. The fourth-order valence-corrected chi connectivity index (χ4v) is 5.75. The molecule has 0 fully saturated rings. The highest BCUT2D eigenvalue weighted by Gasteiger charge is 2.20. The van der Waals surface area contributed by atoms with Crippen molar-refractivity contribution in [3.05, 3.63) is 108 Å². The second kappa shape index (κ2) is 9.50. The van der Waals surface area contributed by atoms with E-state index in [-0.39, 0.29) is 16.1 Å². The van der Waals surface area contributed by atoms with Gasteiger partial charge in [-0.05, 0) is 60.7 Å². The number of halogens is 1. The summed E-state index contributed by atoms with van der Waals surface area (Å²) in [6, 6.07) is 27.5. The molecule has 1 amide bonds. The molecule has 174 valence electrons. The van der Waals surface area contributed by atoms with E-state index in [4.69, 9.17) is 16.6 Å². The van der Waals surface area contributed by atoms with Crippen LogP contribution in [0.15, 0.2) is 102 Å². The highest BCUT2D eigenvalue weighted by atomic mass is 35.5. The molecule has 4 aromatic carbocycles. The minimum absolute atomic E-state index is 0.0401. The number of hydrogen-bond acceptors (Lipinski definition) is 5. The molecule has 0 saturated carbocycles. The van der Waals surface area contributed by atoms with Crippen LogP contribution in [0.25, 0.3) is 20.8 Å². The maximum atomic E-state index is 13.3. The Morgan fingerprint density at radius 1 is 0.800 bits per heavy atom. The first kappa shape index (κ1) is 23.0. The molecule has 35 heavy (non-hydrogen) atoms. The second-order valence-corrected chi connectivity index (χ2v) is 10.7. The Morgan fingerprint density at radius 3 is 2.23 bits per heavy atom. The first-order valence-corrected chi connectivity index (χ1v) is 13.2. The number of carbonyl (C=O) groups is 1. The molecule has 5 aromatic rings. The van der Waals surface area contributed by atoms with Crippen LogP contribution in [-0.4, -0.2) is 19.3 Å². The van der Waals surface area contributed by atoms with Crippen LogP contribution in [0.4, 0.5) is 11.4 Å². The lowest BCUT2D eigenvalue weighted by Crippen LogP contribution is -2.18. The van der Waals surface area contributed by atoms with E-state index < -0.39 is 15.9 Å². The number of anilines is 2. The monoisotopic (exact) mass is 519 g/mol. The van der Waals surface area contributed by atoms with Crippen molar-refractivity contribution in [1.29, 1.82) is 0 Å². The summed E-state index contributed by atoms with van der Waals surface area (Å²) in [7, 11) is -3.92. The number of nitrogens with one attached hydrogen (secondary N) is 2. The van der Waals surface area contributed by atoms with E-state index in [1.807, 2.05) is 42.5 Å². The molecule has 0 unspecified atom stereocenters. The van der Waals surface area contributed by atoms with Gasteiger partial charge in [-0.3, -0.25) is 9.52 Å². The van der Waals surface area contributed by atoms with Gasteiger partial charge < -0.3 is 5.32 Å². The number of thiazole rings is 1. The van der Waals surface area contributed by atoms with E-state index in [0.717, 1.165) is 20.8 Å². The average molecular weight is 520 g/mol. The Morgan fingerprint density at radius 2 is 1.46 bits per heavy atom. The van der Waals surface area contributed by atoms with Gasteiger partial charge in [0, 0.05) is 10.6 Å². The third-order valence-corrected chi connectivity index (χ3v) is 7.94. The van der Waals surface area contributed by atoms with Crippen molar-refractivity contribution >= 4 is 60.5 Å². The SMILES string of the molecule is O=C(Nc1ccccc1-c1nc2ccccc2s1)c1ccccc1NS(=O)(=O)c1ccc(Cl)cc1. The number of rotatable bonds is 6. The smallest absolute Gasteiger partial charge is 0.261 e. The molecule has 9 heteroatoms. The number of nitrogens with zero attached hydrogens (tertiary/aromatic N) is 1. The van der Waals surface area contributed by atoms with Crippen molar-refractivity contribution in [2.45, 2.75) is 4.90 Å². The largest absolute Gasteiger partial charge is 0.321 e. The van der Waals surface area contributed by atoms with Crippen molar-refractivity contribution in [3.63, 3.8) is 0 Å². The molecule has 2 N–H and O–H groups in total. The Bertz CT molecular complexity index is 1620. The molecule has 0 spiro atoms. The zero-order valence-electron chi connectivity index (χ0n) is 18.1. The summed E-state index contributed by atoms with van der Waals surface area (Å²) in [4.78, 5) is 18.0. The highest BCUT2D eigenvalue weighted by molar-refractivity contribution is 7.92. The van der Waals surface area contributed by atoms with Crippen LogP contribution in [0.3, 0.4) is 0 Å². The van der Waals surface area contributed by atoms with Gasteiger partial charge in [0.2, 0.25) is 0 Å². The van der Waals surface area contributed by atoms with Crippen molar-refractivity contribution in [1.82, 2.24) is 4.98 Å². The number of sulfonamides is 1. The molecule has 0 aliphatic heterocycles. The van der Waals surface area contributed by atoms with Crippen LogP contribution in [0, 0.1) is 0 Å². The molecule has 0 atom stereocenters. The Labute approximate surface area is 211 Å². The zero-order valence-corrected chi connectivity index (χ0v) is 20.5. The summed E-state index contributed by atoms with van der Waals surface area (Å²) in [6.45, 7) is 0. The van der Waals surface area contributed by atoms with E-state index in [2.05, 4.69) is 10.0 Å². The first-order chi connectivity index (χ1) is 16.9. The molecule has 0 aliphatic carbocycles. The first-order valence-electron chi connectivity index (χ1n) is 10.5. The maximum Gasteiger partial charge on any atom is 0.261 e. The Balaban J connectivity index is 1.45. The predicted octanol–water partition coefficient (Wildman–Crippen LogP) is 6.67. The number of benzene rings is 4. The van der Waals surface area contributed by atoms with Gasteiger partial charge in [0.15, 0.2) is 0 Å².